The highest BCUT2D eigenvalue weighted by Gasteiger charge is 2.20. The Morgan fingerprint density at radius 3 is 2.81 bits per heavy atom. The Labute approximate surface area is 98.8 Å². The fourth-order valence-electron chi connectivity index (χ4n) is 1.54. The summed E-state index contributed by atoms with van der Waals surface area (Å²) in [7, 11) is 0. The summed E-state index contributed by atoms with van der Waals surface area (Å²) in [6, 6.07) is 5.32. The Kier molecular flexibility index (Phi) is 4.21. The van der Waals surface area contributed by atoms with E-state index in [-0.39, 0.29) is 12.4 Å². The molecule has 1 N–H and O–H groups in total. The number of aryl methyl sites for hydroxylation is 1. The summed E-state index contributed by atoms with van der Waals surface area (Å²) in [6.45, 7) is 1.59. The van der Waals surface area contributed by atoms with Crippen LogP contribution in [0.25, 0.3) is 0 Å². The molecule has 1 aliphatic heterocycles. The maximum atomic E-state index is 13.7. The van der Waals surface area contributed by atoms with Gasteiger partial charge in [-0.25, -0.2) is 4.39 Å². The van der Waals surface area contributed by atoms with E-state index in [4.69, 9.17) is 9.84 Å². The van der Waals surface area contributed by atoms with Crippen LogP contribution in [0.4, 0.5) is 4.39 Å². The predicted octanol–water partition coefficient (Wildman–Crippen LogP) is 2.24. The number of thioether (sulfide) groups is 1. The molecule has 0 atom stereocenters. The van der Waals surface area contributed by atoms with Gasteiger partial charge in [0.2, 0.25) is 0 Å². The second-order valence-electron chi connectivity index (χ2n) is 3.87. The second-order valence-corrected chi connectivity index (χ2v) is 5.21. The topological polar surface area (TPSA) is 29.5 Å². The highest BCUT2D eigenvalue weighted by atomic mass is 32.2. The molecule has 0 unspecified atom stereocenters. The van der Waals surface area contributed by atoms with E-state index in [1.165, 1.54) is 0 Å². The Hall–Kier alpha value is -0.580. The van der Waals surface area contributed by atoms with Crippen LogP contribution in [0.2, 0.25) is 0 Å². The summed E-state index contributed by atoms with van der Waals surface area (Å²) in [5.74, 6) is -0.160. The van der Waals surface area contributed by atoms with Crippen molar-refractivity contribution in [2.75, 3.05) is 19.8 Å². The molecule has 0 radical (unpaired) electrons. The minimum absolute atomic E-state index is 0.150. The first-order valence-electron chi connectivity index (χ1n) is 5.43. The van der Waals surface area contributed by atoms with E-state index in [0.717, 1.165) is 25.2 Å². The Balaban J connectivity index is 1.97. The number of hydrogen-bond acceptors (Lipinski definition) is 3. The van der Waals surface area contributed by atoms with Crippen molar-refractivity contribution in [3.05, 3.63) is 29.6 Å². The van der Waals surface area contributed by atoms with Gasteiger partial charge in [0, 0.05) is 11.5 Å². The average molecular weight is 242 g/mol. The van der Waals surface area contributed by atoms with Gasteiger partial charge in [-0.2, -0.15) is 0 Å². The summed E-state index contributed by atoms with van der Waals surface area (Å²) in [5, 5.41) is 9.10. The lowest BCUT2D eigenvalue weighted by Gasteiger charge is -2.25. The highest BCUT2D eigenvalue weighted by molar-refractivity contribution is 8.00. The van der Waals surface area contributed by atoms with Crippen LogP contribution in [0.3, 0.4) is 0 Å². The van der Waals surface area contributed by atoms with Gasteiger partial charge in [-0.1, -0.05) is 6.07 Å². The maximum absolute atomic E-state index is 13.7. The van der Waals surface area contributed by atoms with Crippen LogP contribution in [-0.4, -0.2) is 30.2 Å². The lowest BCUT2D eigenvalue weighted by Crippen LogP contribution is -2.30. The zero-order valence-electron chi connectivity index (χ0n) is 8.99. The molecule has 0 bridgehead atoms. The first-order chi connectivity index (χ1) is 7.79. The molecule has 4 heteroatoms. The molecule has 1 aromatic rings. The molecule has 1 saturated heterocycles. The standard InChI is InChI=1S/C12H15FO2S/c13-11-6-9(2-1-5-14)3-4-12(11)16-10-7-15-8-10/h3-4,6,10,14H,1-2,5,7-8H2. The molecule has 1 heterocycles. The van der Waals surface area contributed by atoms with Crippen LogP contribution in [0, 0.1) is 5.82 Å². The molecular formula is C12H15FO2S. The van der Waals surface area contributed by atoms with Gasteiger partial charge in [-0.3, -0.25) is 0 Å². The minimum atomic E-state index is -0.160. The van der Waals surface area contributed by atoms with Gasteiger partial charge in [0.05, 0.1) is 18.5 Å². The average Bonchev–Trinajstić information content (AvgIpc) is 2.22. The summed E-state index contributed by atoms with van der Waals surface area (Å²) in [4.78, 5) is 0.695. The van der Waals surface area contributed by atoms with Crippen molar-refractivity contribution in [1.82, 2.24) is 0 Å². The van der Waals surface area contributed by atoms with Crippen molar-refractivity contribution >= 4 is 11.8 Å². The van der Waals surface area contributed by atoms with Gasteiger partial charge in [0.25, 0.3) is 0 Å². The van der Waals surface area contributed by atoms with Gasteiger partial charge in [0.1, 0.15) is 5.82 Å². The molecule has 1 aromatic carbocycles. The van der Waals surface area contributed by atoms with E-state index in [2.05, 4.69) is 0 Å². The van der Waals surface area contributed by atoms with Crippen LogP contribution in [0.1, 0.15) is 12.0 Å². The van der Waals surface area contributed by atoms with E-state index in [1.807, 2.05) is 12.1 Å². The quantitative estimate of drug-likeness (QED) is 0.858. The first-order valence-corrected chi connectivity index (χ1v) is 6.31. The van der Waals surface area contributed by atoms with Crippen LogP contribution in [-0.2, 0) is 11.2 Å². The van der Waals surface area contributed by atoms with Crippen LogP contribution >= 0.6 is 11.8 Å². The van der Waals surface area contributed by atoms with Gasteiger partial charge >= 0.3 is 0 Å². The number of halogens is 1. The number of rotatable bonds is 5. The molecule has 2 nitrogen and oxygen atoms in total. The third-order valence-corrected chi connectivity index (χ3v) is 3.71. The van der Waals surface area contributed by atoms with E-state index in [0.29, 0.717) is 16.6 Å². The normalized spacial score (nSPS) is 16.1. The lowest BCUT2D eigenvalue weighted by molar-refractivity contribution is 0.0455. The number of aliphatic hydroxyl groups is 1. The predicted molar refractivity (Wildman–Crippen MR) is 62.3 cm³/mol. The van der Waals surface area contributed by atoms with Crippen molar-refractivity contribution in [1.29, 1.82) is 0 Å². The van der Waals surface area contributed by atoms with Crippen LogP contribution in [0.15, 0.2) is 23.1 Å². The fraction of sp³-hybridized carbons (Fsp3) is 0.500. The monoisotopic (exact) mass is 242 g/mol. The van der Waals surface area contributed by atoms with Crippen LogP contribution < -0.4 is 0 Å². The van der Waals surface area contributed by atoms with Crippen molar-refractivity contribution < 1.29 is 14.2 Å². The molecule has 88 valence electrons. The first kappa shape index (κ1) is 11.9. The molecule has 0 aromatic heterocycles. The molecule has 0 aliphatic carbocycles. The van der Waals surface area contributed by atoms with E-state index in [9.17, 15) is 4.39 Å². The molecule has 16 heavy (non-hydrogen) atoms. The number of benzene rings is 1. The summed E-state index contributed by atoms with van der Waals surface area (Å²) in [5.41, 5.74) is 0.945. The van der Waals surface area contributed by atoms with Gasteiger partial charge in [-0.05, 0) is 30.5 Å². The molecule has 1 fully saturated rings. The number of ether oxygens (including phenoxy) is 1. The zero-order chi connectivity index (χ0) is 11.4. The summed E-state index contributed by atoms with van der Waals surface area (Å²) >= 11 is 1.54. The lowest BCUT2D eigenvalue weighted by atomic mass is 10.1. The van der Waals surface area contributed by atoms with Gasteiger partial charge < -0.3 is 9.84 Å². The summed E-state index contributed by atoms with van der Waals surface area (Å²) in [6.07, 6.45) is 1.41. The zero-order valence-corrected chi connectivity index (χ0v) is 9.80. The van der Waals surface area contributed by atoms with Gasteiger partial charge in [-0.15, -0.1) is 11.8 Å². The third kappa shape index (κ3) is 2.97. The number of hydrogen-bond donors (Lipinski definition) is 1. The maximum Gasteiger partial charge on any atom is 0.137 e. The summed E-state index contributed by atoms with van der Waals surface area (Å²) < 4.78 is 18.7. The largest absolute Gasteiger partial charge is 0.396 e. The molecule has 0 spiro atoms. The Morgan fingerprint density at radius 2 is 2.25 bits per heavy atom. The minimum Gasteiger partial charge on any atom is -0.396 e. The Bertz CT molecular complexity index is 353. The second kappa shape index (κ2) is 5.66. The fourth-order valence-corrected chi connectivity index (χ4v) is 2.55. The van der Waals surface area contributed by atoms with E-state index >= 15 is 0 Å². The third-order valence-electron chi connectivity index (χ3n) is 2.52. The van der Waals surface area contributed by atoms with E-state index in [1.54, 1.807) is 17.8 Å². The van der Waals surface area contributed by atoms with Crippen LogP contribution in [0.5, 0.6) is 0 Å². The molecule has 0 saturated carbocycles. The van der Waals surface area contributed by atoms with Crippen molar-refractivity contribution in [2.45, 2.75) is 23.0 Å². The molecule has 0 amide bonds. The van der Waals surface area contributed by atoms with Crippen molar-refractivity contribution in [3.63, 3.8) is 0 Å². The molecule has 1 aliphatic rings. The SMILES string of the molecule is OCCCc1ccc(SC2COC2)c(F)c1. The van der Waals surface area contributed by atoms with Crippen molar-refractivity contribution in [2.24, 2.45) is 0 Å². The van der Waals surface area contributed by atoms with Crippen molar-refractivity contribution in [3.8, 4) is 0 Å². The van der Waals surface area contributed by atoms with Gasteiger partial charge in [0.15, 0.2) is 0 Å². The molecular weight excluding hydrogens is 227 g/mol. The Morgan fingerprint density at radius 1 is 1.44 bits per heavy atom. The molecule has 2 rings (SSSR count). The smallest absolute Gasteiger partial charge is 0.137 e. The highest BCUT2D eigenvalue weighted by Crippen LogP contribution is 2.30. The number of aliphatic hydroxyl groups excluding tert-OH is 1. The van der Waals surface area contributed by atoms with E-state index < -0.39 is 0 Å².